The molecule has 1 fully saturated rings. The Balaban J connectivity index is 2.22. The van der Waals surface area contributed by atoms with Crippen LogP contribution < -0.4 is 0 Å². The molecule has 64 valence electrons. The van der Waals surface area contributed by atoms with Crippen molar-refractivity contribution < 1.29 is 14.6 Å². The minimum Gasteiger partial charge on any atom is -0.450 e. The van der Waals surface area contributed by atoms with Gasteiger partial charge >= 0.3 is 6.16 Å². The Kier molecular flexibility index (Phi) is 2.70. The molecule has 11 heavy (non-hydrogen) atoms. The molecule has 0 saturated carbocycles. The highest BCUT2D eigenvalue weighted by molar-refractivity contribution is 5.57. The van der Waals surface area contributed by atoms with Crippen LogP contribution in [-0.2, 0) is 4.74 Å². The van der Waals surface area contributed by atoms with Crippen LogP contribution in [0.15, 0.2) is 0 Å². The van der Waals surface area contributed by atoms with Gasteiger partial charge in [0.1, 0.15) is 6.10 Å². The molecule has 1 heterocycles. The molecule has 0 unspecified atom stereocenters. The molecule has 4 nitrogen and oxygen atoms in total. The summed E-state index contributed by atoms with van der Waals surface area (Å²) in [7, 11) is 2.02. The lowest BCUT2D eigenvalue weighted by Gasteiger charge is -2.27. The van der Waals surface area contributed by atoms with Crippen LogP contribution in [0.3, 0.4) is 0 Å². The first-order chi connectivity index (χ1) is 5.18. The molecule has 0 aromatic heterocycles. The van der Waals surface area contributed by atoms with Crippen molar-refractivity contribution in [3.05, 3.63) is 0 Å². The smallest absolute Gasteiger partial charge is 0.450 e. The third-order valence-corrected chi connectivity index (χ3v) is 1.93. The maximum absolute atomic E-state index is 10.1. The van der Waals surface area contributed by atoms with Crippen molar-refractivity contribution in [2.75, 3.05) is 20.1 Å². The summed E-state index contributed by atoms with van der Waals surface area (Å²) < 4.78 is 4.63. The number of hydrogen-bond acceptors (Lipinski definition) is 3. The van der Waals surface area contributed by atoms with Crippen molar-refractivity contribution in [3.8, 4) is 0 Å². The van der Waals surface area contributed by atoms with Gasteiger partial charge in [0, 0.05) is 13.1 Å². The van der Waals surface area contributed by atoms with Gasteiger partial charge in [0.05, 0.1) is 0 Å². The van der Waals surface area contributed by atoms with Crippen LogP contribution in [0.1, 0.15) is 12.8 Å². The number of nitrogens with zero attached hydrogens (tertiary/aromatic N) is 1. The second-order valence-electron chi connectivity index (χ2n) is 2.89. The molecule has 0 aliphatic carbocycles. The van der Waals surface area contributed by atoms with Gasteiger partial charge in [-0.1, -0.05) is 0 Å². The van der Waals surface area contributed by atoms with E-state index in [4.69, 9.17) is 5.11 Å². The Labute approximate surface area is 65.8 Å². The molecule has 4 heteroatoms. The third kappa shape index (κ3) is 2.76. The van der Waals surface area contributed by atoms with Crippen molar-refractivity contribution in [1.29, 1.82) is 0 Å². The molecule has 0 aromatic rings. The maximum Gasteiger partial charge on any atom is 0.506 e. The number of ether oxygens (including phenoxy) is 1. The van der Waals surface area contributed by atoms with Crippen LogP contribution in [0.2, 0.25) is 0 Å². The fraction of sp³-hybridized carbons (Fsp3) is 0.857. The van der Waals surface area contributed by atoms with Crippen LogP contribution in [-0.4, -0.2) is 42.4 Å². The highest BCUT2D eigenvalue weighted by Gasteiger charge is 2.19. The van der Waals surface area contributed by atoms with Crippen molar-refractivity contribution >= 4 is 6.16 Å². The normalized spacial score (nSPS) is 21.5. The van der Waals surface area contributed by atoms with Gasteiger partial charge in [-0.3, -0.25) is 0 Å². The van der Waals surface area contributed by atoms with Crippen LogP contribution in [0, 0.1) is 0 Å². The quantitative estimate of drug-likeness (QED) is 0.574. The first kappa shape index (κ1) is 8.33. The molecular formula is C7H13NO3. The zero-order valence-electron chi connectivity index (χ0n) is 6.62. The van der Waals surface area contributed by atoms with E-state index in [1.807, 2.05) is 7.05 Å². The summed E-state index contributed by atoms with van der Waals surface area (Å²) in [6.45, 7) is 1.86. The van der Waals surface area contributed by atoms with Crippen LogP contribution in [0.5, 0.6) is 0 Å². The minimum absolute atomic E-state index is 0.0799. The summed E-state index contributed by atoms with van der Waals surface area (Å²) in [4.78, 5) is 12.3. The van der Waals surface area contributed by atoms with Crippen molar-refractivity contribution in [3.63, 3.8) is 0 Å². The first-order valence-electron chi connectivity index (χ1n) is 3.76. The largest absolute Gasteiger partial charge is 0.506 e. The van der Waals surface area contributed by atoms with Gasteiger partial charge in [0.2, 0.25) is 0 Å². The number of hydrogen-bond donors (Lipinski definition) is 1. The molecule has 1 rings (SSSR count). The Bertz CT molecular complexity index is 141. The lowest BCUT2D eigenvalue weighted by Crippen LogP contribution is -2.35. The zero-order chi connectivity index (χ0) is 8.27. The standard InChI is InChI=1S/C7H13NO3/c1-8-4-2-6(3-5-8)11-7(9)10/h6H,2-5H2,1H3,(H,9,10). The number of piperidine rings is 1. The lowest BCUT2D eigenvalue weighted by molar-refractivity contribution is 0.0240. The van der Waals surface area contributed by atoms with E-state index < -0.39 is 6.16 Å². The van der Waals surface area contributed by atoms with Crippen molar-refractivity contribution in [2.45, 2.75) is 18.9 Å². The van der Waals surface area contributed by atoms with Gasteiger partial charge in [-0.2, -0.15) is 0 Å². The van der Waals surface area contributed by atoms with Crippen molar-refractivity contribution in [1.82, 2.24) is 4.90 Å². The van der Waals surface area contributed by atoms with Gasteiger partial charge in [-0.25, -0.2) is 4.79 Å². The Morgan fingerprint density at radius 3 is 2.55 bits per heavy atom. The minimum atomic E-state index is -1.15. The molecule has 0 bridgehead atoms. The van der Waals surface area contributed by atoms with E-state index in [0.717, 1.165) is 25.9 Å². The van der Waals surface area contributed by atoms with Gasteiger partial charge in [0.15, 0.2) is 0 Å². The fourth-order valence-electron chi connectivity index (χ4n) is 1.25. The van der Waals surface area contributed by atoms with E-state index in [1.54, 1.807) is 0 Å². The van der Waals surface area contributed by atoms with E-state index in [1.165, 1.54) is 0 Å². The summed E-state index contributed by atoms with van der Waals surface area (Å²) in [6, 6.07) is 0. The van der Waals surface area contributed by atoms with Gasteiger partial charge in [-0.15, -0.1) is 0 Å². The van der Waals surface area contributed by atoms with E-state index in [2.05, 4.69) is 9.64 Å². The molecule has 0 spiro atoms. The SMILES string of the molecule is CN1CCC(OC(=O)O)CC1. The first-order valence-corrected chi connectivity index (χ1v) is 3.76. The molecule has 1 saturated heterocycles. The van der Waals surface area contributed by atoms with E-state index in [0.29, 0.717) is 0 Å². The molecule has 0 atom stereocenters. The summed E-state index contributed by atoms with van der Waals surface area (Å²) >= 11 is 0. The van der Waals surface area contributed by atoms with Crippen molar-refractivity contribution in [2.24, 2.45) is 0 Å². The average Bonchev–Trinajstić information content (AvgIpc) is 1.93. The third-order valence-electron chi connectivity index (χ3n) is 1.93. The lowest BCUT2D eigenvalue weighted by atomic mass is 10.1. The van der Waals surface area contributed by atoms with E-state index in [9.17, 15) is 4.79 Å². The van der Waals surface area contributed by atoms with Gasteiger partial charge in [0.25, 0.3) is 0 Å². The molecule has 1 aliphatic heterocycles. The van der Waals surface area contributed by atoms with Crippen LogP contribution in [0.4, 0.5) is 4.79 Å². The second kappa shape index (κ2) is 3.57. The molecule has 0 aromatic carbocycles. The maximum atomic E-state index is 10.1. The predicted octanol–water partition coefficient (Wildman–Crippen LogP) is 0.775. The Hall–Kier alpha value is -0.770. The molecule has 1 aliphatic rings. The number of rotatable bonds is 1. The average molecular weight is 159 g/mol. The van der Waals surface area contributed by atoms with Gasteiger partial charge < -0.3 is 14.7 Å². The molecule has 1 N–H and O–H groups in total. The fourth-order valence-corrected chi connectivity index (χ4v) is 1.25. The van der Waals surface area contributed by atoms with E-state index in [-0.39, 0.29) is 6.10 Å². The summed E-state index contributed by atoms with van der Waals surface area (Å²) in [5, 5.41) is 8.30. The highest BCUT2D eigenvalue weighted by atomic mass is 16.7. The second-order valence-corrected chi connectivity index (χ2v) is 2.89. The monoisotopic (exact) mass is 159 g/mol. The Morgan fingerprint density at radius 1 is 1.55 bits per heavy atom. The summed E-state index contributed by atoms with van der Waals surface area (Å²) in [5.41, 5.74) is 0. The topological polar surface area (TPSA) is 49.8 Å². The molecular weight excluding hydrogens is 146 g/mol. The van der Waals surface area contributed by atoms with Crippen LogP contribution >= 0.6 is 0 Å². The number of carboxylic acid groups (broad SMARTS) is 1. The predicted molar refractivity (Wildman–Crippen MR) is 39.6 cm³/mol. The van der Waals surface area contributed by atoms with Gasteiger partial charge in [-0.05, 0) is 19.9 Å². The van der Waals surface area contributed by atoms with E-state index >= 15 is 0 Å². The number of carbonyl (C=O) groups is 1. The number of likely N-dealkylation sites (tertiary alicyclic amines) is 1. The molecule has 0 amide bonds. The summed E-state index contributed by atoms with van der Waals surface area (Å²) in [6.07, 6.45) is 0.411. The summed E-state index contributed by atoms with van der Waals surface area (Å²) in [5.74, 6) is 0. The highest BCUT2D eigenvalue weighted by Crippen LogP contribution is 2.11. The zero-order valence-corrected chi connectivity index (χ0v) is 6.62. The van der Waals surface area contributed by atoms with Crippen LogP contribution in [0.25, 0.3) is 0 Å². The Morgan fingerprint density at radius 2 is 2.09 bits per heavy atom. The molecule has 0 radical (unpaired) electrons.